The number of nitrogens with one attached hydrogen (secondary N) is 7. The number of aromatic nitrogens is 1. The Morgan fingerprint density at radius 3 is 1.48 bits per heavy atom. The number of nitrogens with two attached hydrogens (primary N) is 1. The van der Waals surface area contributed by atoms with E-state index in [4.69, 9.17) is 24.6 Å². The van der Waals surface area contributed by atoms with Gasteiger partial charge in [-0.05, 0) is 127 Å². The fraction of sp³-hybridized carbons (Fsp3) is 0.581. The topological polar surface area (TPSA) is 413 Å². The molecule has 0 bridgehead atoms. The van der Waals surface area contributed by atoms with Crippen molar-refractivity contribution in [3.8, 4) is 11.5 Å². The number of carbonyl (C=O) groups excluding carboxylic acids is 13. The van der Waals surface area contributed by atoms with E-state index in [2.05, 4.69) is 37.4 Å². The highest BCUT2D eigenvalue weighted by Crippen LogP contribution is 2.35. The molecule has 4 fully saturated rings. The van der Waals surface area contributed by atoms with Gasteiger partial charge < -0.3 is 75.6 Å². The number of esters is 2. The van der Waals surface area contributed by atoms with Gasteiger partial charge in [-0.25, -0.2) is 14.6 Å². The van der Waals surface area contributed by atoms with Crippen molar-refractivity contribution >= 4 is 93.7 Å². The van der Waals surface area contributed by atoms with Gasteiger partial charge in [-0.15, -0.1) is 0 Å². The van der Waals surface area contributed by atoms with Crippen molar-refractivity contribution in [3.05, 3.63) is 80.0 Å². The van der Waals surface area contributed by atoms with Crippen LogP contribution in [-0.2, 0) is 64.0 Å². The normalized spacial score (nSPS) is 23.8. The number of benzene rings is 3. The number of ether oxygens (including phenoxy) is 2. The van der Waals surface area contributed by atoms with Crippen molar-refractivity contribution in [2.24, 2.45) is 23.7 Å². The first-order valence-corrected chi connectivity index (χ1v) is 36.0. The third kappa shape index (κ3) is 18.6. The number of nitrogen functional groups attached to an aromatic ring is 1. The minimum atomic E-state index is -1.88. The number of hydrogen-bond donors (Lipinski definition) is 8. The van der Waals surface area contributed by atoms with Gasteiger partial charge in [-0.3, -0.25) is 68.4 Å². The number of anilines is 1. The quantitative estimate of drug-likeness (QED) is 0.0409. The molecule has 5 heterocycles. The molecule has 32 heteroatoms. The first kappa shape index (κ1) is 83.2. The minimum Gasteiger partial charge on any atom is -0.458 e. The number of hydrogen-bond acceptors (Lipinski definition) is 21. The van der Waals surface area contributed by atoms with Crippen LogP contribution < -0.4 is 48.6 Å². The second kappa shape index (κ2) is 35.3. The molecule has 6 aliphatic rings. The summed E-state index contributed by atoms with van der Waals surface area (Å²) in [6, 6.07) is -0.172. The monoisotopic (exact) mass is 1480 g/mol. The molecular formula is C74H105N15O17. The number of likely N-dealkylation sites (N-methyl/N-ethyl adjacent to an activating group) is 4. The van der Waals surface area contributed by atoms with Crippen LogP contribution in [-0.4, -0.2) is 239 Å². The van der Waals surface area contributed by atoms with Crippen LogP contribution in [0.2, 0.25) is 0 Å². The largest absolute Gasteiger partial charge is 0.458 e. The van der Waals surface area contributed by atoms with E-state index >= 15 is 9.59 Å². The zero-order valence-corrected chi connectivity index (χ0v) is 64.1. The number of amides is 11. The van der Waals surface area contributed by atoms with Crippen LogP contribution in [0.1, 0.15) is 157 Å². The summed E-state index contributed by atoms with van der Waals surface area (Å²) < 4.78 is 18.3. The lowest BCUT2D eigenvalue weighted by atomic mass is 9.98. The molecule has 578 valence electrons. The van der Waals surface area contributed by atoms with Gasteiger partial charge in [0.15, 0.2) is 11.3 Å². The van der Waals surface area contributed by atoms with Crippen molar-refractivity contribution in [1.82, 2.24) is 71.8 Å². The molecule has 9 N–H and O–H groups in total. The predicted octanol–water partition coefficient (Wildman–Crippen LogP) is 1.77. The first-order chi connectivity index (χ1) is 49.7. The smallest absolute Gasteiger partial charge is 0.329 e. The number of cyclic esters (lactones) is 2. The molecule has 0 radical (unpaired) electrons. The van der Waals surface area contributed by atoms with Gasteiger partial charge in [0.1, 0.15) is 71.8 Å². The zero-order chi connectivity index (χ0) is 78.9. The molecule has 2 aromatic rings. The van der Waals surface area contributed by atoms with Crippen LogP contribution in [0.25, 0.3) is 22.6 Å². The highest BCUT2D eigenvalue weighted by atomic mass is 16.6. The van der Waals surface area contributed by atoms with Gasteiger partial charge in [0, 0.05) is 65.0 Å². The van der Waals surface area contributed by atoms with Crippen molar-refractivity contribution in [1.29, 1.82) is 0 Å². The van der Waals surface area contributed by atoms with E-state index in [9.17, 15) is 57.5 Å². The number of hydrazine groups is 1. The summed E-state index contributed by atoms with van der Waals surface area (Å²) in [7, 11) is 7.41. The summed E-state index contributed by atoms with van der Waals surface area (Å²) in [5, 5.41) is 13.5. The molecule has 5 aliphatic heterocycles. The molecule has 11 amide bonds. The van der Waals surface area contributed by atoms with Crippen molar-refractivity contribution < 1.29 is 76.2 Å². The Bertz CT molecular complexity index is 4040. The average molecular weight is 1480 g/mol. The third-order valence-corrected chi connectivity index (χ3v) is 19.6. The Hall–Kier alpha value is -10.1. The third-order valence-electron chi connectivity index (χ3n) is 19.6. The molecule has 106 heavy (non-hydrogen) atoms. The second-order valence-electron chi connectivity index (χ2n) is 29.5. The molecule has 8 rings (SSSR count). The molecule has 4 saturated heterocycles. The lowest BCUT2D eigenvalue weighted by Crippen LogP contribution is -2.61. The SMILES string of the molecule is CNNCc1ccc(C(=O)NC(C)C)cc1.Cc1c2oc3c(C)ccc(C(=O)N[C@@H]4C(=O)N[C@H](C(C)C)C(=O)N5CCC[C@H]5C(=O)N(C)CC(=O)N(C)[C@@H](C(C)C)C(=O)O[C@@H]4C)c3nc-2c(C(=O)N[C@@H]2C(=O)N[C@H](C(C)C)C(=O)N3CCC[C@H]3C(=O)N(C)CC(=O)N(C)[C@@H](C(C)C)C(=O)O[C@@H]2C)c(N)c1=O. The molecule has 32 nitrogen and oxygen atoms in total. The number of aryl methyl sites for hydroxylation is 1. The highest BCUT2D eigenvalue weighted by molar-refractivity contribution is 6.10. The standard InChI is InChI=1S/C62H86N12O16.C12H19N3O/c1-27(2)42-59(84)73-23-17-19-36(73)57(82)69(13)25-38(75)71(15)48(29(5)6)61(86)88-33(11)44(55(80)65-42)67-53(78)35-22-21-31(9)51-46(35)64-47-40(41(63)50(77)32(10)52(47)90-51)54(79)68-45-34(12)89-62(87)49(30(7)8)72(16)39(76)26-70(14)58(83)37-20-18-24-74(37)60(85)43(28(3)4)66-56(45)81;1-9(2)15-12(16)11-6-4-10(5-7-11)8-14-13-3/h21-22,27-30,33-34,36-37,42-45,48-49H,17-20,23-26,63H2,1-16H3,(H,65,80)(H,66,81)(H,67,78)(H,68,79);4-7,9,13-14H,8H2,1-3H3,(H,15,16)/t33-,34-,36+,37+,42-,43-,44+,45+,48+,49+;/m1./s1. The Kier molecular flexibility index (Phi) is 27.7. The summed E-state index contributed by atoms with van der Waals surface area (Å²) in [5.74, 6) is -12.4. The van der Waals surface area contributed by atoms with E-state index in [0.717, 1.165) is 21.9 Å². The molecule has 0 saturated carbocycles. The Morgan fingerprint density at radius 2 is 1.06 bits per heavy atom. The summed E-state index contributed by atoms with van der Waals surface area (Å²) in [6.07, 6.45) is -1.65. The minimum absolute atomic E-state index is 0.0249. The van der Waals surface area contributed by atoms with Gasteiger partial charge in [-0.2, -0.15) is 0 Å². The molecule has 0 unspecified atom stereocenters. The van der Waals surface area contributed by atoms with E-state index in [1.54, 1.807) is 62.3 Å². The molecular weight excluding hydrogens is 1370 g/mol. The van der Waals surface area contributed by atoms with Gasteiger partial charge in [-0.1, -0.05) is 73.6 Å². The van der Waals surface area contributed by atoms with Gasteiger partial charge in [0.05, 0.1) is 29.9 Å². The highest BCUT2D eigenvalue weighted by Gasteiger charge is 2.47. The Labute approximate surface area is 617 Å². The summed E-state index contributed by atoms with van der Waals surface area (Å²) in [6.45, 7) is 23.0. The first-order valence-electron chi connectivity index (χ1n) is 36.0. The van der Waals surface area contributed by atoms with Crippen molar-refractivity contribution in [3.63, 3.8) is 0 Å². The molecule has 10 atom stereocenters. The summed E-state index contributed by atoms with van der Waals surface area (Å²) >= 11 is 0. The lowest BCUT2D eigenvalue weighted by Gasteiger charge is -2.36. The van der Waals surface area contributed by atoms with E-state index in [0.29, 0.717) is 24.0 Å². The Morgan fingerprint density at radius 1 is 0.604 bits per heavy atom. The van der Waals surface area contributed by atoms with Crippen LogP contribution in [0, 0.1) is 37.5 Å². The lowest BCUT2D eigenvalue weighted by molar-refractivity contribution is -0.163. The number of carbonyl (C=O) groups is 13. The van der Waals surface area contributed by atoms with Gasteiger partial charge in [0.25, 0.3) is 17.7 Å². The van der Waals surface area contributed by atoms with E-state index in [1.807, 2.05) is 45.2 Å². The van der Waals surface area contributed by atoms with Gasteiger partial charge in [0.2, 0.25) is 52.7 Å². The second-order valence-corrected chi connectivity index (χ2v) is 29.5. The van der Waals surface area contributed by atoms with Crippen LogP contribution in [0.4, 0.5) is 5.69 Å². The van der Waals surface area contributed by atoms with Crippen molar-refractivity contribution in [2.45, 2.75) is 196 Å². The predicted molar refractivity (Wildman–Crippen MR) is 390 cm³/mol. The fourth-order valence-electron chi connectivity index (χ4n) is 13.6. The number of fused-ring (bicyclic) bond motifs is 4. The molecule has 2 aromatic carbocycles. The van der Waals surface area contributed by atoms with E-state index in [-0.39, 0.29) is 65.9 Å². The van der Waals surface area contributed by atoms with Crippen LogP contribution >= 0.6 is 0 Å². The molecule has 1 aliphatic carbocycles. The zero-order valence-electron chi connectivity index (χ0n) is 64.1. The fourth-order valence-corrected chi connectivity index (χ4v) is 13.6. The van der Waals surface area contributed by atoms with E-state index < -0.39 is 191 Å². The maximum atomic E-state index is 15.2. The number of nitrogens with zero attached hydrogens (tertiary/aromatic N) is 7. The average Bonchev–Trinajstić information content (AvgIpc) is 0.882. The maximum absolute atomic E-state index is 15.2. The van der Waals surface area contributed by atoms with Crippen LogP contribution in [0.15, 0.2) is 45.6 Å². The Balaban J connectivity index is 0.000000865. The van der Waals surface area contributed by atoms with Gasteiger partial charge >= 0.3 is 11.9 Å². The molecule has 0 spiro atoms. The van der Waals surface area contributed by atoms with Crippen LogP contribution in [0.3, 0.4) is 0 Å². The van der Waals surface area contributed by atoms with Crippen molar-refractivity contribution in [2.75, 3.05) is 67.2 Å². The summed E-state index contributed by atoms with van der Waals surface area (Å²) in [5.41, 5.74) is 11.2. The summed E-state index contributed by atoms with van der Waals surface area (Å²) in [4.78, 5) is 211. The maximum Gasteiger partial charge on any atom is 0.329 e. The van der Waals surface area contributed by atoms with E-state index in [1.165, 1.54) is 80.7 Å². The number of rotatable bonds is 13. The molecule has 0 aromatic heterocycles. The van der Waals surface area contributed by atoms with Crippen LogP contribution in [0.5, 0.6) is 0 Å².